The molecule has 0 spiro atoms. The van der Waals surface area contributed by atoms with Gasteiger partial charge in [-0.1, -0.05) is 17.9 Å². The second-order valence-corrected chi connectivity index (χ2v) is 5.68. The summed E-state index contributed by atoms with van der Waals surface area (Å²) in [6.07, 6.45) is 0.133. The van der Waals surface area contributed by atoms with Crippen molar-refractivity contribution >= 4 is 6.09 Å². The van der Waals surface area contributed by atoms with Crippen LogP contribution in [-0.4, -0.2) is 25.3 Å². The highest BCUT2D eigenvalue weighted by Gasteiger charge is 2.15. The maximum Gasteiger partial charge on any atom is 0.407 e. The van der Waals surface area contributed by atoms with Gasteiger partial charge in [-0.05, 0) is 45.4 Å². The van der Waals surface area contributed by atoms with Crippen LogP contribution in [-0.2, 0) is 4.74 Å². The summed E-state index contributed by atoms with van der Waals surface area (Å²) in [4.78, 5) is 11.4. The predicted octanol–water partition coefficient (Wildman–Crippen LogP) is 3.27. The van der Waals surface area contributed by atoms with Crippen LogP contribution in [0.5, 0.6) is 5.75 Å². The molecule has 21 heavy (non-hydrogen) atoms. The Morgan fingerprint density at radius 1 is 1.33 bits per heavy atom. The third kappa shape index (κ3) is 6.71. The molecule has 0 bridgehead atoms. The highest BCUT2D eigenvalue weighted by molar-refractivity contribution is 5.67. The van der Waals surface area contributed by atoms with E-state index in [-0.39, 0.29) is 0 Å². The first-order valence-electron chi connectivity index (χ1n) is 6.92. The Morgan fingerprint density at radius 3 is 2.67 bits per heavy atom. The number of rotatable bonds is 3. The topological polar surface area (TPSA) is 47.6 Å². The van der Waals surface area contributed by atoms with Gasteiger partial charge in [0.15, 0.2) is 0 Å². The van der Waals surface area contributed by atoms with Gasteiger partial charge in [0.1, 0.15) is 11.4 Å². The van der Waals surface area contributed by atoms with E-state index in [2.05, 4.69) is 17.2 Å². The highest BCUT2D eigenvalue weighted by Crippen LogP contribution is 2.18. The van der Waals surface area contributed by atoms with Crippen molar-refractivity contribution in [1.82, 2.24) is 5.32 Å². The summed E-state index contributed by atoms with van der Waals surface area (Å²) in [5, 5.41) is 2.67. The number of nitrogens with one attached hydrogen (secondary N) is 1. The van der Waals surface area contributed by atoms with Gasteiger partial charge >= 0.3 is 6.09 Å². The van der Waals surface area contributed by atoms with Gasteiger partial charge in [0.25, 0.3) is 0 Å². The summed E-state index contributed by atoms with van der Waals surface area (Å²) in [6.45, 7) is 7.95. The lowest BCUT2D eigenvalue weighted by atomic mass is 10.1. The Kier molecular flexibility index (Phi) is 6.10. The Morgan fingerprint density at radius 2 is 2.05 bits per heavy atom. The molecule has 1 amide bonds. The fraction of sp³-hybridized carbons (Fsp3) is 0.471. The maximum absolute atomic E-state index is 11.4. The third-order valence-corrected chi connectivity index (χ3v) is 2.50. The highest BCUT2D eigenvalue weighted by atomic mass is 16.6. The van der Waals surface area contributed by atoms with E-state index in [0.717, 1.165) is 16.9 Å². The van der Waals surface area contributed by atoms with E-state index in [1.54, 1.807) is 7.11 Å². The predicted molar refractivity (Wildman–Crippen MR) is 83.5 cm³/mol. The molecule has 0 aliphatic rings. The van der Waals surface area contributed by atoms with Crippen LogP contribution < -0.4 is 10.1 Å². The zero-order chi connectivity index (χ0) is 15.9. The number of hydrogen-bond acceptors (Lipinski definition) is 3. The van der Waals surface area contributed by atoms with Crippen LogP contribution >= 0.6 is 0 Å². The van der Waals surface area contributed by atoms with E-state index in [9.17, 15) is 4.79 Å². The average molecular weight is 289 g/mol. The molecule has 0 heterocycles. The summed E-state index contributed by atoms with van der Waals surface area (Å²) in [6, 6.07) is 5.86. The molecule has 0 aliphatic heterocycles. The molecular weight excluding hydrogens is 266 g/mol. The summed E-state index contributed by atoms with van der Waals surface area (Å²) < 4.78 is 10.4. The number of amides is 1. The SMILES string of the molecule is COc1ccc(C)cc1C#CCCNC(=O)OC(C)(C)C. The first-order valence-corrected chi connectivity index (χ1v) is 6.92. The van der Waals surface area contributed by atoms with Crippen molar-refractivity contribution in [3.05, 3.63) is 29.3 Å². The van der Waals surface area contributed by atoms with Gasteiger partial charge in [-0.3, -0.25) is 0 Å². The molecule has 4 heteroatoms. The van der Waals surface area contributed by atoms with Gasteiger partial charge in [0.05, 0.1) is 12.7 Å². The summed E-state index contributed by atoms with van der Waals surface area (Å²) in [5.41, 5.74) is 1.51. The second kappa shape index (κ2) is 7.58. The van der Waals surface area contributed by atoms with E-state index in [1.165, 1.54) is 0 Å². The smallest absolute Gasteiger partial charge is 0.407 e. The molecule has 0 unspecified atom stereocenters. The van der Waals surface area contributed by atoms with Gasteiger partial charge in [-0.25, -0.2) is 4.79 Å². The molecular formula is C17H23NO3. The molecule has 0 fully saturated rings. The number of aryl methyl sites for hydroxylation is 1. The Labute approximate surface area is 126 Å². The van der Waals surface area contributed by atoms with Crippen molar-refractivity contribution in [2.75, 3.05) is 13.7 Å². The molecule has 0 atom stereocenters. The van der Waals surface area contributed by atoms with Crippen molar-refractivity contribution in [3.8, 4) is 17.6 Å². The lowest BCUT2D eigenvalue weighted by molar-refractivity contribution is 0.0529. The maximum atomic E-state index is 11.4. The van der Waals surface area contributed by atoms with E-state index >= 15 is 0 Å². The summed E-state index contributed by atoms with van der Waals surface area (Å²) >= 11 is 0. The largest absolute Gasteiger partial charge is 0.495 e. The molecule has 0 aromatic heterocycles. The molecule has 114 valence electrons. The first-order chi connectivity index (χ1) is 9.81. The lowest BCUT2D eigenvalue weighted by Crippen LogP contribution is -2.32. The van der Waals surface area contributed by atoms with Crippen molar-refractivity contribution in [2.45, 2.75) is 39.7 Å². The number of alkyl carbamates (subject to hydrolysis) is 1. The number of benzene rings is 1. The molecule has 1 N–H and O–H groups in total. The van der Waals surface area contributed by atoms with Gasteiger partial charge in [-0.2, -0.15) is 0 Å². The number of methoxy groups -OCH3 is 1. The molecule has 1 aromatic rings. The normalized spacial score (nSPS) is 10.3. The Hall–Kier alpha value is -2.15. The van der Waals surface area contributed by atoms with E-state index < -0.39 is 11.7 Å². The van der Waals surface area contributed by atoms with Crippen LogP contribution in [0.3, 0.4) is 0 Å². The van der Waals surface area contributed by atoms with E-state index in [4.69, 9.17) is 9.47 Å². The van der Waals surface area contributed by atoms with Crippen LogP contribution in [0.2, 0.25) is 0 Å². The first kappa shape index (κ1) is 16.9. The molecule has 0 radical (unpaired) electrons. The van der Waals surface area contributed by atoms with E-state index in [0.29, 0.717) is 13.0 Å². The number of ether oxygens (including phenoxy) is 2. The molecule has 1 rings (SSSR count). The zero-order valence-corrected chi connectivity index (χ0v) is 13.4. The van der Waals surface area contributed by atoms with Crippen LogP contribution in [0.25, 0.3) is 0 Å². The van der Waals surface area contributed by atoms with Crippen LogP contribution in [0.15, 0.2) is 18.2 Å². The molecule has 1 aromatic carbocycles. The monoisotopic (exact) mass is 289 g/mol. The molecule has 0 saturated carbocycles. The summed E-state index contributed by atoms with van der Waals surface area (Å²) in [7, 11) is 1.62. The van der Waals surface area contributed by atoms with Crippen molar-refractivity contribution < 1.29 is 14.3 Å². The van der Waals surface area contributed by atoms with Gasteiger partial charge in [0, 0.05) is 13.0 Å². The zero-order valence-electron chi connectivity index (χ0n) is 13.4. The fourth-order valence-corrected chi connectivity index (χ4v) is 1.62. The van der Waals surface area contributed by atoms with Gasteiger partial charge < -0.3 is 14.8 Å². The average Bonchev–Trinajstić information content (AvgIpc) is 2.36. The Balaban J connectivity index is 2.47. The van der Waals surface area contributed by atoms with Crippen molar-refractivity contribution in [1.29, 1.82) is 0 Å². The Bertz CT molecular complexity index is 547. The quantitative estimate of drug-likeness (QED) is 0.686. The van der Waals surface area contributed by atoms with Crippen LogP contribution in [0, 0.1) is 18.8 Å². The lowest BCUT2D eigenvalue weighted by Gasteiger charge is -2.19. The molecule has 0 aliphatic carbocycles. The van der Waals surface area contributed by atoms with Crippen molar-refractivity contribution in [2.24, 2.45) is 0 Å². The number of carbonyl (C=O) groups excluding carboxylic acids is 1. The number of hydrogen-bond donors (Lipinski definition) is 1. The molecule has 4 nitrogen and oxygen atoms in total. The van der Waals surface area contributed by atoms with Crippen LogP contribution in [0.4, 0.5) is 4.79 Å². The van der Waals surface area contributed by atoms with Crippen LogP contribution in [0.1, 0.15) is 38.3 Å². The minimum absolute atomic E-state index is 0.419. The molecule has 0 saturated heterocycles. The standard InChI is InChI=1S/C17H23NO3/c1-13-9-10-15(20-5)14(12-13)8-6-7-11-18-16(19)21-17(2,3)4/h9-10,12H,7,11H2,1-5H3,(H,18,19). The third-order valence-electron chi connectivity index (χ3n) is 2.50. The fourth-order valence-electron chi connectivity index (χ4n) is 1.62. The van der Waals surface area contributed by atoms with Gasteiger partial charge in [0.2, 0.25) is 0 Å². The van der Waals surface area contributed by atoms with Crippen molar-refractivity contribution in [3.63, 3.8) is 0 Å². The minimum atomic E-state index is -0.481. The summed E-state index contributed by atoms with van der Waals surface area (Å²) in [5.74, 6) is 6.84. The van der Waals surface area contributed by atoms with Gasteiger partial charge in [-0.15, -0.1) is 0 Å². The second-order valence-electron chi connectivity index (χ2n) is 5.68. The van der Waals surface area contributed by atoms with E-state index in [1.807, 2.05) is 45.9 Å². The number of carbonyl (C=O) groups is 1. The minimum Gasteiger partial charge on any atom is -0.495 e.